The van der Waals surface area contributed by atoms with Crippen LogP contribution in [0.3, 0.4) is 0 Å². The zero-order valence-electron chi connectivity index (χ0n) is 15.7. The van der Waals surface area contributed by atoms with Crippen molar-refractivity contribution < 1.29 is 13.9 Å². The molecule has 0 bridgehead atoms. The van der Waals surface area contributed by atoms with E-state index in [-0.39, 0.29) is 17.4 Å². The van der Waals surface area contributed by atoms with Crippen molar-refractivity contribution in [1.29, 1.82) is 0 Å². The molecule has 1 aromatic carbocycles. The van der Waals surface area contributed by atoms with Crippen molar-refractivity contribution in [2.45, 2.75) is 18.9 Å². The molecule has 3 heterocycles. The molecule has 0 radical (unpaired) electrons. The van der Waals surface area contributed by atoms with Crippen LogP contribution < -0.4 is 5.43 Å². The van der Waals surface area contributed by atoms with E-state index in [4.69, 9.17) is 0 Å². The normalized spacial score (nSPS) is 12.1. The van der Waals surface area contributed by atoms with Crippen LogP contribution in [0, 0.1) is 11.6 Å². The summed E-state index contributed by atoms with van der Waals surface area (Å²) in [5, 5.41) is 16.4. The largest absolute Gasteiger partial charge is 0.503 e. The standard InChI is InChI=1S/C21H17F2N5O2/c22-15-3-1-13(2-4-15)17(14-9-16(23)11-24-10-14)5-7-28-8-6-25-21(28)19-20(30)18(29)12-26-27-19/h1-4,6,8-12,17H,5,7H2,(H,26,30)(H,27,29). The van der Waals surface area contributed by atoms with Crippen LogP contribution in [-0.2, 0) is 6.54 Å². The molecule has 7 nitrogen and oxygen atoms in total. The zero-order chi connectivity index (χ0) is 21.1. The zero-order valence-corrected chi connectivity index (χ0v) is 15.7. The van der Waals surface area contributed by atoms with Gasteiger partial charge in [0.15, 0.2) is 11.6 Å². The quantitative estimate of drug-likeness (QED) is 0.510. The third kappa shape index (κ3) is 3.95. The molecule has 3 aromatic heterocycles. The Morgan fingerprint density at radius 3 is 2.63 bits per heavy atom. The maximum atomic E-state index is 13.8. The molecular weight excluding hydrogens is 392 g/mol. The van der Waals surface area contributed by atoms with E-state index in [9.17, 15) is 18.7 Å². The summed E-state index contributed by atoms with van der Waals surface area (Å²) in [5.41, 5.74) is 0.954. The van der Waals surface area contributed by atoms with Gasteiger partial charge in [-0.15, -0.1) is 0 Å². The number of aromatic hydroxyl groups is 1. The Hall–Kier alpha value is -3.88. The van der Waals surface area contributed by atoms with Gasteiger partial charge in [-0.2, -0.15) is 5.10 Å². The topological polar surface area (TPSA) is 96.7 Å². The highest BCUT2D eigenvalue weighted by molar-refractivity contribution is 5.57. The maximum absolute atomic E-state index is 13.8. The second-order valence-corrected chi connectivity index (χ2v) is 6.73. The van der Waals surface area contributed by atoms with Gasteiger partial charge in [0.05, 0.1) is 12.4 Å². The van der Waals surface area contributed by atoms with Gasteiger partial charge in [-0.3, -0.25) is 14.9 Å². The SMILES string of the molecule is O=c1cn[nH]c(-c2nccn2CCC(c2ccc(F)cc2)c2cncc(F)c2)c1O. The number of H-pyrrole nitrogens is 1. The van der Waals surface area contributed by atoms with Gasteiger partial charge in [0.2, 0.25) is 5.43 Å². The van der Waals surface area contributed by atoms with Crippen LogP contribution in [0.1, 0.15) is 23.5 Å². The first-order chi connectivity index (χ1) is 14.5. The second kappa shape index (κ2) is 8.24. The number of nitrogens with zero attached hydrogens (tertiary/aromatic N) is 4. The first-order valence-corrected chi connectivity index (χ1v) is 9.17. The fourth-order valence-corrected chi connectivity index (χ4v) is 3.37. The molecular formula is C21H17F2N5O2. The van der Waals surface area contributed by atoms with Crippen LogP contribution in [0.2, 0.25) is 0 Å². The molecule has 1 atom stereocenters. The van der Waals surface area contributed by atoms with E-state index >= 15 is 0 Å². The molecule has 0 aliphatic rings. The van der Waals surface area contributed by atoms with Gasteiger partial charge in [-0.05, 0) is 35.7 Å². The Bertz CT molecular complexity index is 1220. The summed E-state index contributed by atoms with van der Waals surface area (Å²) in [6.07, 6.45) is 7.43. The number of rotatable bonds is 6. The molecule has 0 aliphatic heterocycles. The Balaban J connectivity index is 1.66. The van der Waals surface area contributed by atoms with Gasteiger partial charge >= 0.3 is 0 Å². The summed E-state index contributed by atoms with van der Waals surface area (Å²) in [5.74, 6) is -1.20. The monoisotopic (exact) mass is 409 g/mol. The van der Waals surface area contributed by atoms with E-state index in [1.807, 2.05) is 0 Å². The van der Waals surface area contributed by atoms with Crippen LogP contribution in [0.5, 0.6) is 5.75 Å². The second-order valence-electron chi connectivity index (χ2n) is 6.73. The van der Waals surface area contributed by atoms with Crippen molar-refractivity contribution in [3.63, 3.8) is 0 Å². The Morgan fingerprint density at radius 1 is 1.07 bits per heavy atom. The van der Waals surface area contributed by atoms with Gasteiger partial charge in [0, 0.05) is 31.1 Å². The Kier molecular flexibility index (Phi) is 5.34. The molecule has 9 heteroatoms. The number of aromatic nitrogens is 5. The molecule has 0 amide bonds. The molecule has 0 aliphatic carbocycles. The fourth-order valence-electron chi connectivity index (χ4n) is 3.37. The number of benzene rings is 1. The minimum Gasteiger partial charge on any atom is -0.503 e. The average Bonchev–Trinajstić information content (AvgIpc) is 3.20. The lowest BCUT2D eigenvalue weighted by Crippen LogP contribution is -2.10. The number of hydrogen-bond donors (Lipinski definition) is 2. The van der Waals surface area contributed by atoms with Crippen LogP contribution in [0.15, 0.2) is 66.1 Å². The van der Waals surface area contributed by atoms with Crippen molar-refractivity contribution in [2.75, 3.05) is 0 Å². The number of hydrogen-bond acceptors (Lipinski definition) is 5. The minimum absolute atomic E-state index is 0.109. The van der Waals surface area contributed by atoms with Crippen LogP contribution in [0.25, 0.3) is 11.5 Å². The highest BCUT2D eigenvalue weighted by atomic mass is 19.1. The van der Waals surface area contributed by atoms with Crippen molar-refractivity contribution in [1.82, 2.24) is 24.7 Å². The van der Waals surface area contributed by atoms with Crippen molar-refractivity contribution in [2.24, 2.45) is 0 Å². The summed E-state index contributed by atoms with van der Waals surface area (Å²) in [6.45, 7) is 0.421. The fraction of sp³-hybridized carbons (Fsp3) is 0.143. The van der Waals surface area contributed by atoms with E-state index in [0.29, 0.717) is 24.4 Å². The van der Waals surface area contributed by atoms with Crippen LogP contribution in [-0.4, -0.2) is 29.8 Å². The average molecular weight is 409 g/mol. The summed E-state index contributed by atoms with van der Waals surface area (Å²) >= 11 is 0. The molecule has 2 N–H and O–H groups in total. The number of halogens is 2. The molecule has 30 heavy (non-hydrogen) atoms. The number of aryl methyl sites for hydroxylation is 1. The lowest BCUT2D eigenvalue weighted by atomic mass is 9.89. The summed E-state index contributed by atoms with van der Waals surface area (Å²) < 4.78 is 28.9. The van der Waals surface area contributed by atoms with Crippen LogP contribution in [0.4, 0.5) is 8.78 Å². The van der Waals surface area contributed by atoms with E-state index in [1.165, 1.54) is 24.4 Å². The highest BCUT2D eigenvalue weighted by Gasteiger charge is 2.19. The summed E-state index contributed by atoms with van der Waals surface area (Å²) in [7, 11) is 0. The van der Waals surface area contributed by atoms with E-state index in [0.717, 1.165) is 18.0 Å². The molecule has 0 spiro atoms. The van der Waals surface area contributed by atoms with Crippen molar-refractivity contribution in [3.05, 3.63) is 94.3 Å². The predicted octanol–water partition coefficient (Wildman–Crippen LogP) is 3.23. The van der Waals surface area contributed by atoms with Crippen molar-refractivity contribution in [3.8, 4) is 17.3 Å². The maximum Gasteiger partial charge on any atom is 0.242 e. The number of pyridine rings is 1. The molecule has 0 fully saturated rings. The Labute approximate surface area is 169 Å². The van der Waals surface area contributed by atoms with Crippen LogP contribution >= 0.6 is 0 Å². The van der Waals surface area contributed by atoms with E-state index < -0.39 is 17.0 Å². The summed E-state index contributed by atoms with van der Waals surface area (Å²) in [6, 6.07) is 7.43. The third-order valence-electron chi connectivity index (χ3n) is 4.83. The third-order valence-corrected chi connectivity index (χ3v) is 4.83. The van der Waals surface area contributed by atoms with Crippen molar-refractivity contribution >= 4 is 0 Å². The number of aromatic amines is 1. The van der Waals surface area contributed by atoms with E-state index in [2.05, 4.69) is 20.2 Å². The van der Waals surface area contributed by atoms with Gasteiger partial charge in [-0.25, -0.2) is 13.8 Å². The van der Waals surface area contributed by atoms with Gasteiger partial charge < -0.3 is 9.67 Å². The summed E-state index contributed by atoms with van der Waals surface area (Å²) in [4.78, 5) is 19.8. The molecule has 0 saturated heterocycles. The molecule has 152 valence electrons. The lowest BCUT2D eigenvalue weighted by Gasteiger charge is -2.19. The molecule has 1 unspecified atom stereocenters. The van der Waals surface area contributed by atoms with Gasteiger partial charge in [0.25, 0.3) is 0 Å². The number of nitrogens with one attached hydrogen (secondary N) is 1. The number of imidazole rings is 1. The van der Waals surface area contributed by atoms with Gasteiger partial charge in [0.1, 0.15) is 17.3 Å². The highest BCUT2D eigenvalue weighted by Crippen LogP contribution is 2.30. The lowest BCUT2D eigenvalue weighted by molar-refractivity contribution is 0.466. The minimum atomic E-state index is -0.617. The van der Waals surface area contributed by atoms with Gasteiger partial charge in [-0.1, -0.05) is 12.1 Å². The first kappa shape index (κ1) is 19.4. The smallest absolute Gasteiger partial charge is 0.242 e. The van der Waals surface area contributed by atoms with E-state index in [1.54, 1.807) is 29.1 Å². The molecule has 4 aromatic rings. The first-order valence-electron chi connectivity index (χ1n) is 9.17. The molecule has 0 saturated carbocycles. The molecule has 4 rings (SSSR count). The Morgan fingerprint density at radius 2 is 1.87 bits per heavy atom. The predicted molar refractivity (Wildman–Crippen MR) is 105 cm³/mol.